The van der Waals surface area contributed by atoms with E-state index in [9.17, 15) is 9.13 Å². The first kappa shape index (κ1) is 13.0. The molecule has 76 valence electrons. The minimum absolute atomic E-state index is 0.171. The molecule has 0 aromatic rings. The predicted octanol–water partition coefficient (Wildman–Crippen LogP) is 0.816. The van der Waals surface area contributed by atoms with Crippen molar-refractivity contribution in [3.63, 3.8) is 0 Å². The van der Waals surface area contributed by atoms with Gasteiger partial charge < -0.3 is 0 Å². The van der Waals surface area contributed by atoms with Crippen molar-refractivity contribution < 1.29 is 18.2 Å². The average molecular weight is 228 g/mol. The van der Waals surface area contributed by atoms with Crippen LogP contribution in [0.15, 0.2) is 0 Å². The van der Waals surface area contributed by atoms with Gasteiger partial charge in [0.25, 0.3) is 0 Å². The maximum absolute atomic E-state index is 10.4. The lowest BCUT2D eigenvalue weighted by molar-refractivity contribution is 0.257. The third-order valence-corrected chi connectivity index (χ3v) is 1.98. The molecule has 0 rings (SSSR count). The maximum atomic E-state index is 10.4. The Labute approximate surface area is 79.1 Å². The van der Waals surface area contributed by atoms with E-state index in [-0.39, 0.29) is 6.73 Å². The molecule has 0 aliphatic rings. The van der Waals surface area contributed by atoms with Crippen LogP contribution in [0, 0.1) is 0 Å². The molecule has 0 heterocycles. The Kier molecular flexibility index (Phi) is 8.66. The van der Waals surface area contributed by atoms with Gasteiger partial charge in [0.15, 0.2) is 20.1 Å². The van der Waals surface area contributed by atoms with Gasteiger partial charge >= 0.3 is 16.1 Å². The zero-order valence-electron chi connectivity index (χ0n) is 7.65. The van der Waals surface area contributed by atoms with Crippen LogP contribution in [-0.4, -0.2) is 33.2 Å². The van der Waals surface area contributed by atoms with E-state index in [0.717, 1.165) is 0 Å². The maximum Gasteiger partial charge on any atom is 0.506 e. The molecular formula is C5H14N2O4P2+2. The number of rotatable bonds is 8. The molecule has 0 aliphatic carbocycles. The Hall–Kier alpha value is 0.0400. The second-order valence-electron chi connectivity index (χ2n) is 2.09. The summed E-state index contributed by atoms with van der Waals surface area (Å²) in [5.74, 6) is 0. The fourth-order valence-corrected chi connectivity index (χ4v) is 1.08. The SMILES string of the molecule is C[P+](=O)OCCNNCO[P+](C)=O. The van der Waals surface area contributed by atoms with Gasteiger partial charge in [-0.25, -0.2) is 5.43 Å². The smallest absolute Gasteiger partial charge is 0.253 e. The van der Waals surface area contributed by atoms with Gasteiger partial charge in [0.2, 0.25) is 0 Å². The Balaban J connectivity index is 3.00. The van der Waals surface area contributed by atoms with Gasteiger partial charge in [-0.2, -0.15) is 0 Å². The second kappa shape index (κ2) is 8.63. The molecule has 0 saturated heterocycles. The molecule has 0 aromatic carbocycles. The summed E-state index contributed by atoms with van der Waals surface area (Å²) in [6.45, 7) is 4.01. The van der Waals surface area contributed by atoms with E-state index in [1.165, 1.54) is 13.3 Å². The molecule has 0 fully saturated rings. The van der Waals surface area contributed by atoms with E-state index in [4.69, 9.17) is 9.05 Å². The molecule has 0 amide bonds. The number of hydrazine groups is 1. The van der Waals surface area contributed by atoms with Crippen LogP contribution in [0.3, 0.4) is 0 Å². The van der Waals surface area contributed by atoms with Gasteiger partial charge in [-0.05, 0) is 9.13 Å². The molecule has 0 bridgehead atoms. The Bertz CT molecular complexity index is 160. The van der Waals surface area contributed by atoms with Crippen LogP contribution in [0.4, 0.5) is 0 Å². The summed E-state index contributed by atoms with van der Waals surface area (Å²) in [4.78, 5) is 0. The molecular weight excluding hydrogens is 214 g/mol. The molecule has 0 aliphatic heterocycles. The molecule has 2 N–H and O–H groups in total. The Morgan fingerprint density at radius 1 is 1.08 bits per heavy atom. The van der Waals surface area contributed by atoms with Crippen LogP contribution in [-0.2, 0) is 18.2 Å². The first-order valence-electron chi connectivity index (χ1n) is 3.66. The summed E-state index contributed by atoms with van der Waals surface area (Å²) in [6.07, 6.45) is 0. The molecule has 6 nitrogen and oxygen atoms in total. The molecule has 13 heavy (non-hydrogen) atoms. The van der Waals surface area contributed by atoms with Crippen LogP contribution in [0.2, 0.25) is 0 Å². The van der Waals surface area contributed by atoms with Gasteiger partial charge in [-0.15, -0.1) is 9.05 Å². The highest BCUT2D eigenvalue weighted by Crippen LogP contribution is 2.13. The zero-order chi connectivity index (χ0) is 10.1. The summed E-state index contributed by atoms with van der Waals surface area (Å²) in [6, 6.07) is 0. The molecule has 0 spiro atoms. The standard InChI is InChI=1S/C5H14N2O4P2/c1-12(8)10-4-3-6-7-5-11-13(2)9/h6-7H,3-5H2,1-2H3/q+2. The summed E-state index contributed by atoms with van der Waals surface area (Å²) in [5, 5.41) is 0. The minimum Gasteiger partial charge on any atom is -0.253 e. The van der Waals surface area contributed by atoms with Crippen molar-refractivity contribution in [2.75, 3.05) is 33.2 Å². The monoisotopic (exact) mass is 228 g/mol. The zero-order valence-corrected chi connectivity index (χ0v) is 9.44. The van der Waals surface area contributed by atoms with Crippen LogP contribution in [0.5, 0.6) is 0 Å². The van der Waals surface area contributed by atoms with Crippen molar-refractivity contribution in [1.29, 1.82) is 0 Å². The Morgan fingerprint density at radius 2 is 1.69 bits per heavy atom. The van der Waals surface area contributed by atoms with Gasteiger partial charge in [0.1, 0.15) is 6.61 Å². The number of hydrogen-bond donors (Lipinski definition) is 2. The highest BCUT2D eigenvalue weighted by molar-refractivity contribution is 7.38. The molecule has 2 unspecified atom stereocenters. The van der Waals surface area contributed by atoms with E-state index in [1.54, 1.807) is 0 Å². The van der Waals surface area contributed by atoms with E-state index in [1.807, 2.05) is 0 Å². The van der Waals surface area contributed by atoms with Crippen LogP contribution in [0.25, 0.3) is 0 Å². The number of hydrogen-bond acceptors (Lipinski definition) is 6. The highest BCUT2D eigenvalue weighted by atomic mass is 31.1. The van der Waals surface area contributed by atoms with Crippen LogP contribution in [0.1, 0.15) is 0 Å². The van der Waals surface area contributed by atoms with Crippen molar-refractivity contribution in [2.45, 2.75) is 0 Å². The van der Waals surface area contributed by atoms with Crippen LogP contribution < -0.4 is 10.9 Å². The fourth-order valence-electron chi connectivity index (χ4n) is 0.488. The summed E-state index contributed by atoms with van der Waals surface area (Å²) in [5.41, 5.74) is 5.40. The lowest BCUT2D eigenvalue weighted by Gasteiger charge is -1.99. The topological polar surface area (TPSA) is 76.7 Å². The van der Waals surface area contributed by atoms with Crippen molar-refractivity contribution >= 4 is 16.1 Å². The molecule has 0 radical (unpaired) electrons. The van der Waals surface area contributed by atoms with E-state index in [0.29, 0.717) is 13.2 Å². The average Bonchev–Trinajstić information content (AvgIpc) is 2.01. The fraction of sp³-hybridized carbons (Fsp3) is 1.00. The largest absolute Gasteiger partial charge is 0.506 e. The molecule has 8 heteroatoms. The van der Waals surface area contributed by atoms with Crippen molar-refractivity contribution in [3.05, 3.63) is 0 Å². The van der Waals surface area contributed by atoms with Crippen LogP contribution >= 0.6 is 16.1 Å². The Morgan fingerprint density at radius 3 is 2.23 bits per heavy atom. The summed E-state index contributed by atoms with van der Waals surface area (Å²) in [7, 11) is -3.10. The third kappa shape index (κ3) is 12.0. The van der Waals surface area contributed by atoms with Gasteiger partial charge in [0.05, 0.1) is 0 Å². The van der Waals surface area contributed by atoms with Crippen molar-refractivity contribution in [3.8, 4) is 0 Å². The highest BCUT2D eigenvalue weighted by Gasteiger charge is 2.06. The second-order valence-corrected chi connectivity index (χ2v) is 4.36. The summed E-state index contributed by atoms with van der Waals surface area (Å²) >= 11 is 0. The molecule has 0 saturated carbocycles. The summed E-state index contributed by atoms with van der Waals surface area (Å²) < 4.78 is 30.3. The van der Waals surface area contributed by atoms with Gasteiger partial charge in [-0.1, -0.05) is 0 Å². The van der Waals surface area contributed by atoms with E-state index >= 15 is 0 Å². The normalized spacial score (nSPS) is 12.8. The quantitative estimate of drug-likeness (QED) is 0.277. The van der Waals surface area contributed by atoms with Gasteiger partial charge in [-0.3, -0.25) is 5.43 Å². The lowest BCUT2D eigenvalue weighted by Crippen LogP contribution is -2.35. The number of nitrogens with one attached hydrogen (secondary N) is 2. The lowest BCUT2D eigenvalue weighted by atomic mass is 10.7. The minimum atomic E-state index is -1.57. The van der Waals surface area contributed by atoms with E-state index < -0.39 is 16.1 Å². The van der Waals surface area contributed by atoms with E-state index in [2.05, 4.69) is 10.9 Å². The predicted molar refractivity (Wildman–Crippen MR) is 50.1 cm³/mol. The first-order valence-corrected chi connectivity index (χ1v) is 6.91. The van der Waals surface area contributed by atoms with Gasteiger partial charge in [0, 0.05) is 6.54 Å². The molecule has 0 aromatic heterocycles. The molecule has 2 atom stereocenters. The van der Waals surface area contributed by atoms with Crippen molar-refractivity contribution in [1.82, 2.24) is 10.9 Å². The van der Waals surface area contributed by atoms with Crippen molar-refractivity contribution in [2.24, 2.45) is 0 Å². The first-order chi connectivity index (χ1) is 6.13. The third-order valence-electron chi connectivity index (χ3n) is 0.944.